The topological polar surface area (TPSA) is 51.4 Å². The van der Waals surface area contributed by atoms with E-state index in [0.717, 1.165) is 23.7 Å². The van der Waals surface area contributed by atoms with Gasteiger partial charge in [0.2, 0.25) is 0 Å². The molecule has 0 bridgehead atoms. The third-order valence-corrected chi connectivity index (χ3v) is 3.50. The zero-order valence-corrected chi connectivity index (χ0v) is 12.2. The predicted molar refractivity (Wildman–Crippen MR) is 83.2 cm³/mol. The Morgan fingerprint density at radius 3 is 2.75 bits per heavy atom. The summed E-state index contributed by atoms with van der Waals surface area (Å²) in [6.07, 6.45) is 2.62. The SMILES string of the molecule is COc1ccccc1CC(C)N(C)c1cc(N)ccn1. The number of pyridine rings is 1. The smallest absolute Gasteiger partial charge is 0.130 e. The summed E-state index contributed by atoms with van der Waals surface area (Å²) in [6, 6.07) is 12.1. The van der Waals surface area contributed by atoms with Crippen molar-refractivity contribution in [2.45, 2.75) is 19.4 Å². The maximum Gasteiger partial charge on any atom is 0.130 e. The highest BCUT2D eigenvalue weighted by atomic mass is 16.5. The third-order valence-electron chi connectivity index (χ3n) is 3.50. The molecule has 0 saturated carbocycles. The Kier molecular flexibility index (Phi) is 4.45. The van der Waals surface area contributed by atoms with Gasteiger partial charge in [-0.25, -0.2) is 4.98 Å². The first kappa shape index (κ1) is 14.2. The molecule has 2 N–H and O–H groups in total. The van der Waals surface area contributed by atoms with E-state index in [1.54, 1.807) is 19.4 Å². The molecule has 2 rings (SSSR count). The Balaban J connectivity index is 2.13. The van der Waals surface area contributed by atoms with E-state index in [1.165, 1.54) is 5.56 Å². The van der Waals surface area contributed by atoms with Gasteiger partial charge in [-0.3, -0.25) is 0 Å². The van der Waals surface area contributed by atoms with Crippen LogP contribution in [0.15, 0.2) is 42.6 Å². The normalized spacial score (nSPS) is 11.9. The van der Waals surface area contributed by atoms with Gasteiger partial charge in [-0.1, -0.05) is 18.2 Å². The minimum absolute atomic E-state index is 0.292. The van der Waals surface area contributed by atoms with Crippen LogP contribution in [0.5, 0.6) is 5.75 Å². The van der Waals surface area contributed by atoms with Gasteiger partial charge >= 0.3 is 0 Å². The van der Waals surface area contributed by atoms with Crippen molar-refractivity contribution >= 4 is 11.5 Å². The molecular formula is C16H21N3O. The maximum atomic E-state index is 5.81. The van der Waals surface area contributed by atoms with Gasteiger partial charge in [0.1, 0.15) is 11.6 Å². The van der Waals surface area contributed by atoms with Crippen LogP contribution in [0.2, 0.25) is 0 Å². The predicted octanol–water partition coefficient (Wildman–Crippen LogP) is 2.74. The highest BCUT2D eigenvalue weighted by molar-refractivity contribution is 5.50. The lowest BCUT2D eigenvalue weighted by molar-refractivity contribution is 0.408. The van der Waals surface area contributed by atoms with Crippen molar-refractivity contribution in [1.82, 2.24) is 4.98 Å². The molecule has 4 nitrogen and oxygen atoms in total. The summed E-state index contributed by atoms with van der Waals surface area (Å²) in [4.78, 5) is 6.49. The van der Waals surface area contributed by atoms with Crippen LogP contribution in [0.25, 0.3) is 0 Å². The molecule has 1 aromatic heterocycles. The summed E-state index contributed by atoms with van der Waals surface area (Å²) in [5.74, 6) is 1.81. The number of benzene rings is 1. The van der Waals surface area contributed by atoms with Crippen molar-refractivity contribution in [2.75, 3.05) is 24.8 Å². The molecule has 1 heterocycles. The van der Waals surface area contributed by atoms with Gasteiger partial charge in [-0.05, 0) is 31.0 Å². The number of likely N-dealkylation sites (N-methyl/N-ethyl adjacent to an activating group) is 1. The lowest BCUT2D eigenvalue weighted by atomic mass is 10.1. The number of hydrogen-bond donors (Lipinski definition) is 1. The number of para-hydroxylation sites is 1. The van der Waals surface area contributed by atoms with E-state index >= 15 is 0 Å². The van der Waals surface area contributed by atoms with Crippen LogP contribution < -0.4 is 15.4 Å². The zero-order chi connectivity index (χ0) is 14.5. The molecule has 20 heavy (non-hydrogen) atoms. The summed E-state index contributed by atoms with van der Waals surface area (Å²) in [7, 11) is 3.73. The molecule has 0 saturated heterocycles. The lowest BCUT2D eigenvalue weighted by Gasteiger charge is -2.26. The van der Waals surface area contributed by atoms with E-state index < -0.39 is 0 Å². The number of anilines is 2. The molecule has 2 aromatic rings. The second kappa shape index (κ2) is 6.28. The van der Waals surface area contributed by atoms with Crippen molar-refractivity contribution in [2.24, 2.45) is 0 Å². The van der Waals surface area contributed by atoms with Gasteiger partial charge in [0.05, 0.1) is 7.11 Å². The number of methoxy groups -OCH3 is 1. The Bertz CT molecular complexity index is 571. The summed E-state index contributed by atoms with van der Waals surface area (Å²) in [6.45, 7) is 2.16. The van der Waals surface area contributed by atoms with E-state index in [0.29, 0.717) is 6.04 Å². The Morgan fingerprint density at radius 1 is 1.30 bits per heavy atom. The molecule has 1 aromatic carbocycles. The van der Waals surface area contributed by atoms with Gasteiger partial charge in [0.15, 0.2) is 0 Å². The molecule has 106 valence electrons. The first-order valence-electron chi connectivity index (χ1n) is 6.68. The fraction of sp³-hybridized carbons (Fsp3) is 0.312. The molecular weight excluding hydrogens is 250 g/mol. The Labute approximate surface area is 120 Å². The molecule has 1 atom stereocenters. The second-order valence-corrected chi connectivity index (χ2v) is 4.92. The molecule has 0 aliphatic carbocycles. The molecule has 0 spiro atoms. The van der Waals surface area contributed by atoms with Crippen LogP contribution in [0, 0.1) is 0 Å². The monoisotopic (exact) mass is 271 g/mol. The first-order valence-corrected chi connectivity index (χ1v) is 6.68. The second-order valence-electron chi connectivity index (χ2n) is 4.92. The summed E-state index contributed by atoms with van der Waals surface area (Å²) in [5.41, 5.74) is 7.73. The number of ether oxygens (including phenoxy) is 1. The fourth-order valence-corrected chi connectivity index (χ4v) is 2.18. The highest BCUT2D eigenvalue weighted by Gasteiger charge is 2.14. The largest absolute Gasteiger partial charge is 0.496 e. The quantitative estimate of drug-likeness (QED) is 0.908. The molecule has 0 amide bonds. The average molecular weight is 271 g/mol. The van der Waals surface area contributed by atoms with E-state index in [9.17, 15) is 0 Å². The standard InChI is InChI=1S/C16H21N3O/c1-12(10-13-6-4-5-7-15(13)20-3)19(2)16-11-14(17)8-9-18-16/h4-9,11-12H,10H2,1-3H3,(H2,17,18). The first-order chi connectivity index (χ1) is 9.61. The number of aromatic nitrogens is 1. The van der Waals surface area contributed by atoms with Gasteiger partial charge in [0, 0.05) is 31.0 Å². The molecule has 0 aliphatic heterocycles. The van der Waals surface area contributed by atoms with Crippen LogP contribution in [-0.4, -0.2) is 25.2 Å². The van der Waals surface area contributed by atoms with Crippen molar-refractivity contribution < 1.29 is 4.74 Å². The van der Waals surface area contributed by atoms with Crippen molar-refractivity contribution in [3.63, 3.8) is 0 Å². The van der Waals surface area contributed by atoms with E-state index in [2.05, 4.69) is 22.9 Å². The van der Waals surface area contributed by atoms with Crippen LogP contribution in [0.3, 0.4) is 0 Å². The molecule has 4 heteroatoms. The summed E-state index contributed by atoms with van der Waals surface area (Å²) in [5, 5.41) is 0. The summed E-state index contributed by atoms with van der Waals surface area (Å²) >= 11 is 0. The van der Waals surface area contributed by atoms with Crippen molar-refractivity contribution in [3.8, 4) is 5.75 Å². The molecule has 0 fully saturated rings. The van der Waals surface area contributed by atoms with Crippen LogP contribution in [-0.2, 0) is 6.42 Å². The van der Waals surface area contributed by atoms with Gasteiger partial charge in [-0.2, -0.15) is 0 Å². The number of nitrogen functional groups attached to an aromatic ring is 1. The number of nitrogens with two attached hydrogens (primary N) is 1. The Hall–Kier alpha value is -2.23. The highest BCUT2D eigenvalue weighted by Crippen LogP contribution is 2.22. The van der Waals surface area contributed by atoms with Crippen LogP contribution in [0.1, 0.15) is 12.5 Å². The van der Waals surface area contributed by atoms with Crippen LogP contribution in [0.4, 0.5) is 11.5 Å². The van der Waals surface area contributed by atoms with Crippen LogP contribution >= 0.6 is 0 Å². The van der Waals surface area contributed by atoms with Crippen molar-refractivity contribution in [1.29, 1.82) is 0 Å². The number of nitrogens with zero attached hydrogens (tertiary/aromatic N) is 2. The van der Waals surface area contributed by atoms with Crippen molar-refractivity contribution in [3.05, 3.63) is 48.2 Å². The maximum absolute atomic E-state index is 5.81. The fourth-order valence-electron chi connectivity index (χ4n) is 2.18. The Morgan fingerprint density at radius 2 is 2.05 bits per heavy atom. The molecule has 0 radical (unpaired) electrons. The lowest BCUT2D eigenvalue weighted by Crippen LogP contribution is -2.31. The minimum Gasteiger partial charge on any atom is -0.496 e. The van der Waals surface area contributed by atoms with Gasteiger partial charge < -0.3 is 15.4 Å². The number of rotatable bonds is 5. The molecule has 0 aliphatic rings. The molecule has 1 unspecified atom stereocenters. The number of hydrogen-bond acceptors (Lipinski definition) is 4. The van der Waals surface area contributed by atoms with Gasteiger partial charge in [0.25, 0.3) is 0 Å². The van der Waals surface area contributed by atoms with E-state index in [4.69, 9.17) is 10.5 Å². The van der Waals surface area contributed by atoms with E-state index in [-0.39, 0.29) is 0 Å². The summed E-state index contributed by atoms with van der Waals surface area (Å²) < 4.78 is 5.40. The average Bonchev–Trinajstić information content (AvgIpc) is 2.47. The van der Waals surface area contributed by atoms with E-state index in [1.807, 2.05) is 31.3 Å². The van der Waals surface area contributed by atoms with Gasteiger partial charge in [-0.15, -0.1) is 0 Å². The third kappa shape index (κ3) is 3.20. The zero-order valence-electron chi connectivity index (χ0n) is 12.2. The minimum atomic E-state index is 0.292.